The molecule has 0 aliphatic carbocycles. The van der Waals surface area contributed by atoms with Gasteiger partial charge in [-0.2, -0.15) is 0 Å². The van der Waals surface area contributed by atoms with Crippen molar-refractivity contribution in [3.05, 3.63) is 17.9 Å². The molecule has 1 fully saturated rings. The topological polar surface area (TPSA) is 63.0 Å². The van der Waals surface area contributed by atoms with E-state index in [1.807, 2.05) is 13.8 Å². The maximum absolute atomic E-state index is 11.9. The van der Waals surface area contributed by atoms with Crippen molar-refractivity contribution in [2.45, 2.75) is 37.7 Å². The van der Waals surface area contributed by atoms with Gasteiger partial charge in [0.1, 0.15) is 5.76 Å². The predicted molar refractivity (Wildman–Crippen MR) is 74.9 cm³/mol. The Morgan fingerprint density at radius 1 is 1.25 bits per heavy atom. The summed E-state index contributed by atoms with van der Waals surface area (Å²) in [6.07, 6.45) is 0.359. The number of morpholine rings is 1. The van der Waals surface area contributed by atoms with E-state index >= 15 is 0 Å². The summed E-state index contributed by atoms with van der Waals surface area (Å²) in [5.41, 5.74) is 0. The molecule has 0 spiro atoms. The molecule has 2 atom stereocenters. The van der Waals surface area contributed by atoms with Crippen LogP contribution in [0.25, 0.3) is 0 Å². The average Bonchev–Trinajstić information content (AvgIpc) is 2.76. The van der Waals surface area contributed by atoms with Crippen LogP contribution in [0, 0.1) is 0 Å². The molecular formula is C13H22N2O4S. The van der Waals surface area contributed by atoms with Crippen LogP contribution in [0.5, 0.6) is 0 Å². The van der Waals surface area contributed by atoms with Gasteiger partial charge >= 0.3 is 0 Å². The molecule has 0 saturated carbocycles. The summed E-state index contributed by atoms with van der Waals surface area (Å²) < 4.78 is 36.2. The van der Waals surface area contributed by atoms with Crippen molar-refractivity contribution in [2.75, 3.05) is 27.2 Å². The minimum absolute atomic E-state index is 0.00754. The molecule has 1 aromatic rings. The third-order valence-corrected chi connectivity index (χ3v) is 4.94. The Bertz CT molecular complexity index is 542. The van der Waals surface area contributed by atoms with E-state index in [0.717, 1.165) is 17.4 Å². The van der Waals surface area contributed by atoms with Gasteiger partial charge in [0.15, 0.2) is 0 Å². The van der Waals surface area contributed by atoms with Crippen LogP contribution in [0.1, 0.15) is 19.6 Å². The lowest BCUT2D eigenvalue weighted by Crippen LogP contribution is -2.44. The van der Waals surface area contributed by atoms with Gasteiger partial charge in [0.2, 0.25) is 5.09 Å². The zero-order valence-electron chi connectivity index (χ0n) is 12.4. The minimum atomic E-state index is -3.49. The summed E-state index contributed by atoms with van der Waals surface area (Å²) in [5.74, 6) is 0.659. The van der Waals surface area contributed by atoms with Gasteiger partial charge in [-0.1, -0.05) is 0 Å². The molecular weight excluding hydrogens is 280 g/mol. The molecule has 0 aromatic carbocycles. The van der Waals surface area contributed by atoms with E-state index in [-0.39, 0.29) is 17.3 Å². The quantitative estimate of drug-likeness (QED) is 0.834. The Hall–Kier alpha value is -0.890. The maximum Gasteiger partial charge on any atom is 0.275 e. The second-order valence-corrected chi connectivity index (χ2v) is 7.54. The average molecular weight is 302 g/mol. The van der Waals surface area contributed by atoms with Crippen LogP contribution in [0.3, 0.4) is 0 Å². The lowest BCUT2D eigenvalue weighted by atomic mass is 10.2. The third kappa shape index (κ3) is 3.41. The van der Waals surface area contributed by atoms with Crippen LogP contribution in [-0.2, 0) is 21.3 Å². The number of hydrogen-bond donors (Lipinski definition) is 0. The third-order valence-electron chi connectivity index (χ3n) is 3.25. The second kappa shape index (κ2) is 5.85. The monoisotopic (exact) mass is 302 g/mol. The number of ether oxygens (including phenoxy) is 1. The second-order valence-electron chi connectivity index (χ2n) is 5.46. The van der Waals surface area contributed by atoms with Crippen LogP contribution in [0.15, 0.2) is 21.6 Å². The Morgan fingerprint density at radius 3 is 2.40 bits per heavy atom. The molecule has 6 nitrogen and oxygen atoms in total. The first-order chi connectivity index (χ1) is 9.29. The van der Waals surface area contributed by atoms with Crippen LogP contribution in [-0.4, -0.2) is 57.0 Å². The number of rotatable bonds is 4. The van der Waals surface area contributed by atoms with E-state index in [4.69, 9.17) is 9.15 Å². The summed E-state index contributed by atoms with van der Waals surface area (Å²) >= 11 is 0. The fourth-order valence-electron chi connectivity index (χ4n) is 2.40. The van der Waals surface area contributed by atoms with Gasteiger partial charge in [0.05, 0.1) is 18.8 Å². The summed E-state index contributed by atoms with van der Waals surface area (Å²) in [6.45, 7) is 6.31. The van der Waals surface area contributed by atoms with Crippen molar-refractivity contribution in [1.82, 2.24) is 9.21 Å². The molecule has 2 rings (SSSR count). The number of sulfonamides is 1. The van der Waals surface area contributed by atoms with Gasteiger partial charge in [-0.15, -0.1) is 0 Å². The summed E-state index contributed by atoms with van der Waals surface area (Å²) in [5, 5.41) is -0.00754. The summed E-state index contributed by atoms with van der Waals surface area (Å²) in [7, 11) is -0.517. The number of nitrogens with zero attached hydrogens (tertiary/aromatic N) is 2. The molecule has 20 heavy (non-hydrogen) atoms. The minimum Gasteiger partial charge on any atom is -0.447 e. The van der Waals surface area contributed by atoms with E-state index in [2.05, 4.69) is 4.90 Å². The molecule has 1 saturated heterocycles. The smallest absolute Gasteiger partial charge is 0.275 e. The Labute approximate surface area is 120 Å². The van der Waals surface area contributed by atoms with Crippen molar-refractivity contribution in [3.63, 3.8) is 0 Å². The van der Waals surface area contributed by atoms with E-state index in [0.29, 0.717) is 12.3 Å². The molecule has 1 aliphatic rings. The first kappa shape index (κ1) is 15.5. The van der Waals surface area contributed by atoms with Crippen molar-refractivity contribution in [2.24, 2.45) is 0 Å². The lowest BCUT2D eigenvalue weighted by molar-refractivity contribution is -0.0720. The molecule has 7 heteroatoms. The van der Waals surface area contributed by atoms with Gasteiger partial charge in [-0.05, 0) is 26.0 Å². The first-order valence-electron chi connectivity index (χ1n) is 6.68. The zero-order chi connectivity index (χ0) is 14.9. The van der Waals surface area contributed by atoms with E-state index < -0.39 is 10.0 Å². The fourth-order valence-corrected chi connectivity index (χ4v) is 3.21. The van der Waals surface area contributed by atoms with Crippen molar-refractivity contribution in [1.29, 1.82) is 0 Å². The molecule has 2 heterocycles. The normalized spacial score (nSPS) is 25.2. The molecule has 0 radical (unpaired) electrons. The zero-order valence-corrected chi connectivity index (χ0v) is 13.2. The fraction of sp³-hybridized carbons (Fsp3) is 0.692. The van der Waals surface area contributed by atoms with Crippen LogP contribution >= 0.6 is 0 Å². The van der Waals surface area contributed by atoms with E-state index in [1.165, 1.54) is 20.2 Å². The number of furan rings is 1. The highest BCUT2D eigenvalue weighted by Gasteiger charge is 2.25. The van der Waals surface area contributed by atoms with Gasteiger partial charge in [0, 0.05) is 27.2 Å². The van der Waals surface area contributed by atoms with Crippen molar-refractivity contribution >= 4 is 10.0 Å². The van der Waals surface area contributed by atoms with E-state index in [1.54, 1.807) is 6.07 Å². The lowest BCUT2D eigenvalue weighted by Gasteiger charge is -2.34. The largest absolute Gasteiger partial charge is 0.447 e. The molecule has 0 amide bonds. The Balaban J connectivity index is 2.07. The van der Waals surface area contributed by atoms with Gasteiger partial charge < -0.3 is 9.15 Å². The van der Waals surface area contributed by atoms with Gasteiger partial charge in [-0.3, -0.25) is 4.90 Å². The van der Waals surface area contributed by atoms with Crippen molar-refractivity contribution < 1.29 is 17.6 Å². The molecule has 0 N–H and O–H groups in total. The highest BCUT2D eigenvalue weighted by Crippen LogP contribution is 2.20. The van der Waals surface area contributed by atoms with Gasteiger partial charge in [-0.25, -0.2) is 12.7 Å². The van der Waals surface area contributed by atoms with Gasteiger partial charge in [0.25, 0.3) is 10.0 Å². The molecule has 0 bridgehead atoms. The Kier molecular flexibility index (Phi) is 4.53. The van der Waals surface area contributed by atoms with Crippen molar-refractivity contribution in [3.8, 4) is 0 Å². The molecule has 1 aliphatic heterocycles. The summed E-state index contributed by atoms with van der Waals surface area (Å²) in [4.78, 5) is 2.21. The van der Waals surface area contributed by atoms with Crippen LogP contribution in [0.2, 0.25) is 0 Å². The SMILES string of the molecule is C[C@@H]1CN(Cc2ccc(S(=O)(=O)N(C)C)o2)C[C@H](C)O1. The van der Waals surface area contributed by atoms with Crippen LogP contribution in [0.4, 0.5) is 0 Å². The Morgan fingerprint density at radius 2 is 1.85 bits per heavy atom. The molecule has 0 unspecified atom stereocenters. The van der Waals surface area contributed by atoms with Crippen LogP contribution < -0.4 is 0 Å². The highest BCUT2D eigenvalue weighted by molar-refractivity contribution is 7.88. The maximum atomic E-state index is 11.9. The summed E-state index contributed by atoms with van der Waals surface area (Å²) in [6, 6.07) is 3.24. The number of hydrogen-bond acceptors (Lipinski definition) is 5. The molecule has 1 aromatic heterocycles. The first-order valence-corrected chi connectivity index (χ1v) is 8.12. The molecule has 114 valence electrons. The standard InChI is InChI=1S/C13H22N2O4S/c1-10-7-15(8-11(2)18-10)9-12-5-6-13(19-12)20(16,17)14(3)4/h5-6,10-11H,7-9H2,1-4H3/t10-,11+. The van der Waals surface area contributed by atoms with E-state index in [9.17, 15) is 8.42 Å². The predicted octanol–water partition coefficient (Wildman–Crippen LogP) is 1.14. The highest BCUT2D eigenvalue weighted by atomic mass is 32.2.